The second-order valence-corrected chi connectivity index (χ2v) is 6.31. The molecular formula is C10H20NO7P. The van der Waals surface area contributed by atoms with Gasteiger partial charge in [0.1, 0.15) is 0 Å². The molecule has 8 nitrogen and oxygen atoms in total. The summed E-state index contributed by atoms with van der Waals surface area (Å²) in [5.74, 6) is -0.886. The van der Waals surface area contributed by atoms with Gasteiger partial charge in [-0.15, -0.1) is 0 Å². The minimum atomic E-state index is -3.70. The molecule has 2 N–H and O–H groups in total. The van der Waals surface area contributed by atoms with Gasteiger partial charge in [0.25, 0.3) is 0 Å². The molecule has 0 rings (SSSR count). The van der Waals surface area contributed by atoms with Crippen LogP contribution < -0.4 is 0 Å². The summed E-state index contributed by atoms with van der Waals surface area (Å²) in [4.78, 5) is 32.2. The summed E-state index contributed by atoms with van der Waals surface area (Å²) < 4.78 is 19.9. The van der Waals surface area contributed by atoms with Crippen molar-refractivity contribution in [2.45, 2.75) is 20.3 Å². The molecule has 0 fully saturated rings. The van der Waals surface area contributed by atoms with Crippen LogP contribution in [0.2, 0.25) is 0 Å². The number of hydrogen-bond donors (Lipinski definition) is 2. The number of aliphatic carboxylic acids is 1. The number of carbonyl (C=O) groups is 2. The Hall–Kier alpha value is -1.11. The van der Waals surface area contributed by atoms with Crippen molar-refractivity contribution in [1.82, 2.24) is 4.90 Å². The Balaban J connectivity index is 4.29. The van der Waals surface area contributed by atoms with Gasteiger partial charge in [-0.3, -0.25) is 13.9 Å². The lowest BCUT2D eigenvalue weighted by Crippen LogP contribution is -2.36. The molecule has 0 saturated carbocycles. The van der Waals surface area contributed by atoms with E-state index in [0.717, 1.165) is 6.66 Å². The van der Waals surface area contributed by atoms with Crippen LogP contribution in [-0.4, -0.2) is 53.5 Å². The zero-order valence-corrected chi connectivity index (χ0v) is 12.1. The number of carboxylic acid groups (broad SMARTS) is 1. The molecule has 0 spiro atoms. The van der Waals surface area contributed by atoms with E-state index in [1.165, 1.54) is 4.90 Å². The Morgan fingerprint density at radius 1 is 1.37 bits per heavy atom. The Kier molecular flexibility index (Phi) is 7.66. The number of amides is 1. The van der Waals surface area contributed by atoms with Crippen molar-refractivity contribution in [1.29, 1.82) is 0 Å². The normalized spacial score (nSPS) is 13.9. The molecule has 112 valence electrons. The third-order valence-electron chi connectivity index (χ3n) is 1.91. The second-order valence-electron chi connectivity index (χ2n) is 4.44. The van der Waals surface area contributed by atoms with Crippen molar-refractivity contribution >= 4 is 19.7 Å². The molecule has 1 amide bonds. The molecular weight excluding hydrogens is 277 g/mol. The average Bonchev–Trinajstić information content (AvgIpc) is 2.21. The van der Waals surface area contributed by atoms with Gasteiger partial charge < -0.3 is 19.6 Å². The third-order valence-corrected chi connectivity index (χ3v) is 2.50. The second kappa shape index (κ2) is 8.14. The lowest BCUT2D eigenvalue weighted by molar-refractivity contribution is -0.137. The van der Waals surface area contributed by atoms with Crippen LogP contribution in [0.15, 0.2) is 0 Å². The van der Waals surface area contributed by atoms with Crippen LogP contribution in [0.25, 0.3) is 0 Å². The molecule has 0 aliphatic heterocycles. The van der Waals surface area contributed by atoms with E-state index in [1.54, 1.807) is 0 Å². The first kappa shape index (κ1) is 17.9. The molecule has 1 unspecified atom stereocenters. The van der Waals surface area contributed by atoms with E-state index in [9.17, 15) is 14.2 Å². The quantitative estimate of drug-likeness (QED) is 0.513. The summed E-state index contributed by atoms with van der Waals surface area (Å²) in [6.07, 6.45) is -0.974. The predicted molar refractivity (Wildman–Crippen MR) is 66.8 cm³/mol. The van der Waals surface area contributed by atoms with Crippen LogP contribution in [0.3, 0.4) is 0 Å². The van der Waals surface area contributed by atoms with Gasteiger partial charge in [0.05, 0.1) is 6.42 Å². The van der Waals surface area contributed by atoms with Crippen molar-refractivity contribution in [3.05, 3.63) is 0 Å². The summed E-state index contributed by atoms with van der Waals surface area (Å²) in [6, 6.07) is 0. The SMILES string of the molecule is CC(C)CN(CCC(=O)O)C(=O)OCOP(C)(=O)O. The number of carboxylic acids is 1. The summed E-state index contributed by atoms with van der Waals surface area (Å²) in [5.41, 5.74) is 0. The van der Waals surface area contributed by atoms with Crippen LogP contribution in [0, 0.1) is 5.92 Å². The zero-order chi connectivity index (χ0) is 15.1. The highest BCUT2D eigenvalue weighted by Crippen LogP contribution is 2.36. The Labute approximate surface area is 111 Å². The molecule has 0 aliphatic carbocycles. The number of ether oxygens (including phenoxy) is 1. The maximum absolute atomic E-state index is 11.6. The van der Waals surface area contributed by atoms with Gasteiger partial charge in [0.2, 0.25) is 6.79 Å². The van der Waals surface area contributed by atoms with Gasteiger partial charge in [0, 0.05) is 19.8 Å². The van der Waals surface area contributed by atoms with Crippen LogP contribution >= 0.6 is 7.60 Å². The summed E-state index contributed by atoms with van der Waals surface area (Å²) in [5, 5.41) is 8.59. The van der Waals surface area contributed by atoms with Gasteiger partial charge in [-0.1, -0.05) is 13.8 Å². The Bertz CT molecular complexity index is 352. The maximum Gasteiger partial charge on any atom is 0.411 e. The number of carbonyl (C=O) groups excluding carboxylic acids is 1. The molecule has 0 heterocycles. The lowest BCUT2D eigenvalue weighted by atomic mass is 10.2. The summed E-state index contributed by atoms with van der Waals surface area (Å²) in [6.45, 7) is 4.39. The van der Waals surface area contributed by atoms with Gasteiger partial charge >= 0.3 is 19.7 Å². The van der Waals surface area contributed by atoms with Crippen molar-refractivity contribution in [3.8, 4) is 0 Å². The van der Waals surface area contributed by atoms with Crippen LogP contribution in [-0.2, 0) is 18.6 Å². The van der Waals surface area contributed by atoms with Gasteiger partial charge in [0.15, 0.2) is 0 Å². The highest BCUT2D eigenvalue weighted by molar-refractivity contribution is 7.51. The first-order valence-electron chi connectivity index (χ1n) is 5.70. The van der Waals surface area contributed by atoms with Crippen molar-refractivity contribution in [2.24, 2.45) is 5.92 Å². The number of hydrogen-bond acceptors (Lipinski definition) is 5. The molecule has 19 heavy (non-hydrogen) atoms. The summed E-state index contributed by atoms with van der Waals surface area (Å²) in [7, 11) is -3.70. The standard InChI is InChI=1S/C10H20NO7P/c1-8(2)6-11(5-4-9(12)13)10(14)17-7-18-19(3,15)16/h8H,4-7H2,1-3H3,(H,12,13)(H,15,16). The van der Waals surface area contributed by atoms with Crippen molar-refractivity contribution < 1.29 is 33.4 Å². The molecule has 0 radical (unpaired) electrons. The van der Waals surface area contributed by atoms with E-state index in [0.29, 0.717) is 6.54 Å². The highest BCUT2D eigenvalue weighted by Gasteiger charge is 2.19. The van der Waals surface area contributed by atoms with Crippen LogP contribution in [0.1, 0.15) is 20.3 Å². The zero-order valence-electron chi connectivity index (χ0n) is 11.2. The largest absolute Gasteiger partial charge is 0.481 e. The van der Waals surface area contributed by atoms with E-state index in [1.807, 2.05) is 13.8 Å². The fraction of sp³-hybridized carbons (Fsp3) is 0.800. The summed E-state index contributed by atoms with van der Waals surface area (Å²) >= 11 is 0. The molecule has 0 aromatic heterocycles. The fourth-order valence-corrected chi connectivity index (χ4v) is 1.44. The molecule has 0 bridgehead atoms. The molecule has 9 heteroatoms. The first-order valence-corrected chi connectivity index (χ1v) is 7.72. The van der Waals surface area contributed by atoms with Gasteiger partial charge in [-0.05, 0) is 5.92 Å². The van der Waals surface area contributed by atoms with Crippen molar-refractivity contribution in [3.63, 3.8) is 0 Å². The molecule has 0 aromatic carbocycles. The van der Waals surface area contributed by atoms with Crippen LogP contribution in [0.5, 0.6) is 0 Å². The average molecular weight is 297 g/mol. The Morgan fingerprint density at radius 3 is 2.37 bits per heavy atom. The van der Waals surface area contributed by atoms with Gasteiger partial charge in [-0.25, -0.2) is 4.79 Å². The van der Waals surface area contributed by atoms with E-state index >= 15 is 0 Å². The molecule has 0 saturated heterocycles. The number of rotatable bonds is 8. The van der Waals surface area contributed by atoms with E-state index < -0.39 is 26.5 Å². The monoisotopic (exact) mass is 297 g/mol. The van der Waals surface area contributed by atoms with E-state index in [2.05, 4.69) is 9.26 Å². The van der Waals surface area contributed by atoms with Crippen LogP contribution in [0.4, 0.5) is 4.79 Å². The van der Waals surface area contributed by atoms with Gasteiger partial charge in [-0.2, -0.15) is 0 Å². The fourth-order valence-electron chi connectivity index (χ4n) is 1.19. The predicted octanol–water partition coefficient (Wildman–Crippen LogP) is 1.34. The number of nitrogens with zero attached hydrogens (tertiary/aromatic N) is 1. The van der Waals surface area contributed by atoms with Crippen molar-refractivity contribution in [2.75, 3.05) is 26.5 Å². The lowest BCUT2D eigenvalue weighted by Gasteiger charge is -2.23. The minimum Gasteiger partial charge on any atom is -0.481 e. The Morgan fingerprint density at radius 2 is 1.95 bits per heavy atom. The molecule has 0 aromatic rings. The smallest absolute Gasteiger partial charge is 0.411 e. The third kappa shape index (κ3) is 10.5. The molecule has 1 atom stereocenters. The minimum absolute atomic E-state index is 0.00918. The topological polar surface area (TPSA) is 113 Å². The highest BCUT2D eigenvalue weighted by atomic mass is 31.2. The molecule has 0 aliphatic rings. The maximum atomic E-state index is 11.6. The van der Waals surface area contributed by atoms with E-state index in [-0.39, 0.29) is 18.9 Å². The van der Waals surface area contributed by atoms with E-state index in [4.69, 9.17) is 10.00 Å². The first-order chi connectivity index (χ1) is 8.61.